The number of imidazole rings is 1. The molecule has 0 aliphatic heterocycles. The number of hydrogen-bond donors (Lipinski definition) is 2. The van der Waals surface area contributed by atoms with Crippen LogP contribution >= 0.6 is 0 Å². The summed E-state index contributed by atoms with van der Waals surface area (Å²) in [4.78, 5) is 24.6. The summed E-state index contributed by atoms with van der Waals surface area (Å²) in [5, 5.41) is 8.76. The summed E-state index contributed by atoms with van der Waals surface area (Å²) in [6.45, 7) is 0. The molecule has 0 saturated carbocycles. The van der Waals surface area contributed by atoms with Crippen molar-refractivity contribution in [3.8, 4) is 5.69 Å². The molecule has 82 valence electrons. The minimum atomic E-state index is -0.920. The second kappa shape index (κ2) is 4.06. The monoisotopic (exact) mass is 218 g/mol. The molecule has 0 fully saturated rings. The molecule has 2 rings (SSSR count). The third-order valence-electron chi connectivity index (χ3n) is 2.24. The van der Waals surface area contributed by atoms with Crippen molar-refractivity contribution in [1.29, 1.82) is 0 Å². The van der Waals surface area contributed by atoms with Crippen molar-refractivity contribution in [3.05, 3.63) is 52.7 Å². The van der Waals surface area contributed by atoms with Crippen molar-refractivity contribution in [3.63, 3.8) is 0 Å². The topological polar surface area (TPSA) is 75.1 Å². The fourth-order valence-corrected chi connectivity index (χ4v) is 1.57. The molecule has 2 N–H and O–H groups in total. The van der Waals surface area contributed by atoms with Crippen LogP contribution in [-0.4, -0.2) is 20.6 Å². The summed E-state index contributed by atoms with van der Waals surface area (Å²) < 4.78 is 1.39. The van der Waals surface area contributed by atoms with Crippen molar-refractivity contribution in [2.75, 3.05) is 0 Å². The van der Waals surface area contributed by atoms with Gasteiger partial charge in [-0.1, -0.05) is 18.2 Å². The van der Waals surface area contributed by atoms with E-state index in [0.29, 0.717) is 11.3 Å². The van der Waals surface area contributed by atoms with Crippen LogP contribution in [0.4, 0.5) is 0 Å². The Labute approximate surface area is 91.0 Å². The number of carboxylic acids is 1. The van der Waals surface area contributed by atoms with Gasteiger partial charge in [0.25, 0.3) is 0 Å². The number of aromatic amines is 1. The van der Waals surface area contributed by atoms with Crippen molar-refractivity contribution in [1.82, 2.24) is 9.55 Å². The smallest absolute Gasteiger partial charge is 0.330 e. The van der Waals surface area contributed by atoms with E-state index in [9.17, 15) is 9.59 Å². The van der Waals surface area contributed by atoms with Gasteiger partial charge in [0.2, 0.25) is 0 Å². The van der Waals surface area contributed by atoms with Crippen LogP contribution in [0.1, 0.15) is 5.56 Å². The molecule has 0 atom stereocenters. The first-order valence-electron chi connectivity index (χ1n) is 4.74. The molecule has 5 heteroatoms. The third kappa shape index (κ3) is 1.88. The van der Waals surface area contributed by atoms with E-state index in [0.717, 1.165) is 0 Å². The first-order chi connectivity index (χ1) is 7.68. The zero-order chi connectivity index (χ0) is 11.5. The number of nitrogens with one attached hydrogen (secondary N) is 1. The number of para-hydroxylation sites is 1. The highest BCUT2D eigenvalue weighted by Crippen LogP contribution is 2.12. The Balaban J connectivity index is 2.53. The number of rotatable bonds is 3. The number of H-pyrrole nitrogens is 1. The summed E-state index contributed by atoms with van der Waals surface area (Å²) >= 11 is 0. The van der Waals surface area contributed by atoms with Crippen LogP contribution < -0.4 is 5.69 Å². The van der Waals surface area contributed by atoms with Gasteiger partial charge < -0.3 is 10.1 Å². The molecular formula is C11H10N2O3. The number of carboxylic acid groups (broad SMARTS) is 1. The maximum Gasteiger partial charge on any atom is 0.330 e. The van der Waals surface area contributed by atoms with E-state index >= 15 is 0 Å². The standard InChI is InChI=1S/C11H10N2O3/c14-10(15)7-8-3-1-2-4-9(8)13-6-5-12-11(13)16/h1-6H,7H2,(H,12,16)(H,14,15). The Morgan fingerprint density at radius 1 is 1.38 bits per heavy atom. The number of carbonyl (C=O) groups is 1. The lowest BCUT2D eigenvalue weighted by Gasteiger charge is -2.06. The lowest BCUT2D eigenvalue weighted by atomic mass is 10.1. The SMILES string of the molecule is O=C(O)Cc1ccccc1-n1cc[nH]c1=O. The van der Waals surface area contributed by atoms with Crippen molar-refractivity contribution < 1.29 is 9.90 Å². The van der Waals surface area contributed by atoms with Gasteiger partial charge >= 0.3 is 11.7 Å². The van der Waals surface area contributed by atoms with E-state index in [1.54, 1.807) is 30.5 Å². The number of hydrogen-bond acceptors (Lipinski definition) is 2. The van der Waals surface area contributed by atoms with Gasteiger partial charge in [-0.25, -0.2) is 4.79 Å². The first kappa shape index (κ1) is 10.2. The number of aliphatic carboxylic acids is 1. The van der Waals surface area contributed by atoms with Gasteiger partial charge in [0.1, 0.15) is 0 Å². The molecule has 1 aromatic carbocycles. The Kier molecular flexibility index (Phi) is 2.59. The van der Waals surface area contributed by atoms with Gasteiger partial charge in [0.15, 0.2) is 0 Å². The lowest BCUT2D eigenvalue weighted by molar-refractivity contribution is -0.136. The maximum absolute atomic E-state index is 11.4. The predicted molar refractivity (Wildman–Crippen MR) is 57.7 cm³/mol. The van der Waals surface area contributed by atoms with Crippen LogP contribution in [0, 0.1) is 0 Å². The summed E-state index contributed by atoms with van der Waals surface area (Å²) in [5.41, 5.74) is 0.922. The van der Waals surface area contributed by atoms with E-state index in [-0.39, 0.29) is 12.1 Å². The molecule has 0 radical (unpaired) electrons. The highest BCUT2D eigenvalue weighted by atomic mass is 16.4. The maximum atomic E-state index is 11.4. The molecule has 0 unspecified atom stereocenters. The molecule has 0 amide bonds. The fraction of sp³-hybridized carbons (Fsp3) is 0.0909. The zero-order valence-corrected chi connectivity index (χ0v) is 8.38. The highest BCUT2D eigenvalue weighted by molar-refractivity contribution is 5.71. The van der Waals surface area contributed by atoms with Crippen LogP contribution in [0.2, 0.25) is 0 Å². The molecule has 0 spiro atoms. The molecule has 0 saturated heterocycles. The van der Waals surface area contributed by atoms with Gasteiger partial charge in [0, 0.05) is 12.4 Å². The largest absolute Gasteiger partial charge is 0.481 e. The second-order valence-corrected chi connectivity index (χ2v) is 3.33. The van der Waals surface area contributed by atoms with Gasteiger partial charge in [-0.15, -0.1) is 0 Å². The van der Waals surface area contributed by atoms with Crippen LogP contribution in [0.5, 0.6) is 0 Å². The molecule has 16 heavy (non-hydrogen) atoms. The van der Waals surface area contributed by atoms with Crippen LogP contribution in [0.3, 0.4) is 0 Å². The Bertz CT molecular complexity index is 568. The van der Waals surface area contributed by atoms with Gasteiger partial charge in [-0.3, -0.25) is 9.36 Å². The Morgan fingerprint density at radius 2 is 2.12 bits per heavy atom. The molecule has 2 aromatic rings. The van der Waals surface area contributed by atoms with Crippen molar-refractivity contribution in [2.24, 2.45) is 0 Å². The highest BCUT2D eigenvalue weighted by Gasteiger charge is 2.08. The van der Waals surface area contributed by atoms with E-state index in [1.807, 2.05) is 0 Å². The summed E-state index contributed by atoms with van der Waals surface area (Å²) in [7, 11) is 0. The molecule has 1 aromatic heterocycles. The minimum Gasteiger partial charge on any atom is -0.481 e. The van der Waals surface area contributed by atoms with Crippen LogP contribution in [0.15, 0.2) is 41.5 Å². The first-order valence-corrected chi connectivity index (χ1v) is 4.74. The quantitative estimate of drug-likeness (QED) is 0.799. The van der Waals surface area contributed by atoms with E-state index < -0.39 is 5.97 Å². The van der Waals surface area contributed by atoms with Gasteiger partial charge in [0.05, 0.1) is 12.1 Å². The van der Waals surface area contributed by atoms with Crippen molar-refractivity contribution >= 4 is 5.97 Å². The van der Waals surface area contributed by atoms with Gasteiger partial charge in [-0.05, 0) is 11.6 Å². The lowest BCUT2D eigenvalue weighted by Crippen LogP contribution is -2.16. The molecule has 0 bridgehead atoms. The molecule has 0 aliphatic carbocycles. The van der Waals surface area contributed by atoms with Crippen molar-refractivity contribution in [2.45, 2.75) is 6.42 Å². The second-order valence-electron chi connectivity index (χ2n) is 3.33. The number of aromatic nitrogens is 2. The van der Waals surface area contributed by atoms with E-state index in [4.69, 9.17) is 5.11 Å². The number of benzene rings is 1. The summed E-state index contributed by atoms with van der Waals surface area (Å²) in [5.74, 6) is -0.920. The molecule has 5 nitrogen and oxygen atoms in total. The Morgan fingerprint density at radius 3 is 2.75 bits per heavy atom. The zero-order valence-electron chi connectivity index (χ0n) is 8.38. The third-order valence-corrected chi connectivity index (χ3v) is 2.24. The average molecular weight is 218 g/mol. The minimum absolute atomic E-state index is 0.103. The Hall–Kier alpha value is -2.30. The van der Waals surface area contributed by atoms with Crippen LogP contribution in [-0.2, 0) is 11.2 Å². The average Bonchev–Trinajstić information content (AvgIpc) is 2.64. The fourth-order valence-electron chi connectivity index (χ4n) is 1.57. The molecule has 1 heterocycles. The van der Waals surface area contributed by atoms with E-state index in [2.05, 4.69) is 4.98 Å². The van der Waals surface area contributed by atoms with Gasteiger partial charge in [-0.2, -0.15) is 0 Å². The normalized spacial score (nSPS) is 10.2. The number of nitrogens with zero attached hydrogens (tertiary/aromatic N) is 1. The van der Waals surface area contributed by atoms with Crippen LogP contribution in [0.25, 0.3) is 5.69 Å². The summed E-state index contributed by atoms with van der Waals surface area (Å²) in [6, 6.07) is 6.93. The predicted octanol–water partition coefficient (Wildman–Crippen LogP) is 0.793. The summed E-state index contributed by atoms with van der Waals surface area (Å²) in [6.07, 6.45) is 2.98. The molecule has 0 aliphatic rings. The molecular weight excluding hydrogens is 208 g/mol. The van der Waals surface area contributed by atoms with E-state index in [1.165, 1.54) is 10.8 Å².